The molecule has 20 heavy (non-hydrogen) atoms. The van der Waals surface area contributed by atoms with Crippen molar-refractivity contribution >= 4 is 17.4 Å². The molecule has 0 aromatic carbocycles. The molecular formula is C14H16N4O2. The van der Waals surface area contributed by atoms with E-state index in [1.54, 1.807) is 31.3 Å². The molecule has 3 N–H and O–H groups in total. The maximum Gasteiger partial charge on any atom is 0.255 e. The van der Waals surface area contributed by atoms with Gasteiger partial charge in [0.15, 0.2) is 0 Å². The fraction of sp³-hybridized carbons (Fsp3) is 0.214. The Morgan fingerprint density at radius 2 is 2.20 bits per heavy atom. The summed E-state index contributed by atoms with van der Waals surface area (Å²) in [5, 5.41) is 2.74. The number of aromatic nitrogens is 2. The van der Waals surface area contributed by atoms with Crippen molar-refractivity contribution in [1.82, 2.24) is 9.97 Å². The lowest BCUT2D eigenvalue weighted by atomic mass is 10.2. The highest BCUT2D eigenvalue weighted by Crippen LogP contribution is 2.14. The van der Waals surface area contributed by atoms with E-state index in [9.17, 15) is 4.79 Å². The molecule has 0 fully saturated rings. The molecule has 0 spiro atoms. The summed E-state index contributed by atoms with van der Waals surface area (Å²) in [5.41, 5.74) is 7.37. The van der Waals surface area contributed by atoms with Gasteiger partial charge in [-0.15, -0.1) is 0 Å². The van der Waals surface area contributed by atoms with Crippen LogP contribution >= 0.6 is 0 Å². The van der Waals surface area contributed by atoms with E-state index in [1.165, 1.54) is 6.07 Å². The summed E-state index contributed by atoms with van der Waals surface area (Å²) >= 11 is 0. The van der Waals surface area contributed by atoms with Gasteiger partial charge in [-0.25, -0.2) is 9.97 Å². The number of nitrogens with one attached hydrogen (secondary N) is 1. The number of ether oxygens (including phenoxy) is 1. The highest BCUT2D eigenvalue weighted by atomic mass is 16.5. The number of hydrogen-bond donors (Lipinski definition) is 2. The van der Waals surface area contributed by atoms with Crippen molar-refractivity contribution in [2.45, 2.75) is 13.8 Å². The van der Waals surface area contributed by atoms with Crippen LogP contribution in [0.2, 0.25) is 0 Å². The minimum absolute atomic E-state index is 0.256. The van der Waals surface area contributed by atoms with Gasteiger partial charge in [-0.2, -0.15) is 0 Å². The van der Waals surface area contributed by atoms with Gasteiger partial charge in [0.05, 0.1) is 18.5 Å². The second-order valence-electron chi connectivity index (χ2n) is 4.19. The first-order valence-electron chi connectivity index (χ1n) is 6.23. The predicted octanol–water partition coefficient (Wildman–Crippen LogP) is 2.02. The third-order valence-corrected chi connectivity index (χ3v) is 2.52. The van der Waals surface area contributed by atoms with Crippen molar-refractivity contribution in [2.75, 3.05) is 17.7 Å². The molecule has 104 valence electrons. The maximum atomic E-state index is 12.1. The van der Waals surface area contributed by atoms with E-state index < -0.39 is 0 Å². The molecule has 0 saturated carbocycles. The first-order chi connectivity index (χ1) is 9.58. The molecular weight excluding hydrogens is 256 g/mol. The summed E-state index contributed by atoms with van der Waals surface area (Å²) in [6, 6.07) is 6.64. The van der Waals surface area contributed by atoms with E-state index >= 15 is 0 Å². The van der Waals surface area contributed by atoms with Gasteiger partial charge in [0.25, 0.3) is 5.91 Å². The molecule has 2 heterocycles. The fourth-order valence-electron chi connectivity index (χ4n) is 1.72. The highest BCUT2D eigenvalue weighted by Gasteiger charge is 2.08. The first kappa shape index (κ1) is 13.8. The number of carbonyl (C=O) groups excluding carboxylic acids is 1. The van der Waals surface area contributed by atoms with Gasteiger partial charge in [0, 0.05) is 17.3 Å². The van der Waals surface area contributed by atoms with Gasteiger partial charge in [-0.05, 0) is 32.0 Å². The third-order valence-electron chi connectivity index (χ3n) is 2.52. The standard InChI is InChI=1S/C14H16N4O2/c1-3-20-13-5-4-11(8-16-13)18-14(19)10-6-9(2)17-12(15)7-10/h4-8H,3H2,1-2H3,(H2,15,17)(H,18,19). The Kier molecular flexibility index (Phi) is 4.14. The topological polar surface area (TPSA) is 90.1 Å². The summed E-state index contributed by atoms with van der Waals surface area (Å²) in [4.78, 5) is 20.2. The normalized spacial score (nSPS) is 10.1. The molecule has 0 atom stereocenters. The minimum atomic E-state index is -0.256. The molecule has 0 aliphatic heterocycles. The van der Waals surface area contributed by atoms with Crippen molar-refractivity contribution in [1.29, 1.82) is 0 Å². The van der Waals surface area contributed by atoms with Gasteiger partial charge in [-0.3, -0.25) is 4.79 Å². The number of rotatable bonds is 4. The Morgan fingerprint density at radius 1 is 1.40 bits per heavy atom. The van der Waals surface area contributed by atoms with Crippen molar-refractivity contribution in [3.63, 3.8) is 0 Å². The summed E-state index contributed by atoms with van der Waals surface area (Å²) < 4.78 is 5.23. The molecule has 1 amide bonds. The first-order valence-corrected chi connectivity index (χ1v) is 6.23. The van der Waals surface area contributed by atoms with E-state index in [-0.39, 0.29) is 5.91 Å². The molecule has 6 heteroatoms. The molecule has 2 rings (SSSR count). The van der Waals surface area contributed by atoms with Crippen LogP contribution in [0.15, 0.2) is 30.5 Å². The van der Waals surface area contributed by atoms with E-state index in [1.807, 2.05) is 6.92 Å². The van der Waals surface area contributed by atoms with Crippen LogP contribution in [-0.4, -0.2) is 22.5 Å². The Balaban J connectivity index is 2.10. The van der Waals surface area contributed by atoms with Crippen molar-refractivity contribution < 1.29 is 9.53 Å². The zero-order chi connectivity index (χ0) is 14.5. The van der Waals surface area contributed by atoms with Crippen molar-refractivity contribution in [2.24, 2.45) is 0 Å². The summed E-state index contributed by atoms with van der Waals surface area (Å²) in [5.74, 6) is 0.586. The fourth-order valence-corrected chi connectivity index (χ4v) is 1.72. The minimum Gasteiger partial charge on any atom is -0.478 e. The SMILES string of the molecule is CCOc1ccc(NC(=O)c2cc(C)nc(N)c2)cn1. The number of carbonyl (C=O) groups is 1. The summed E-state index contributed by atoms with van der Waals surface area (Å²) in [6.07, 6.45) is 1.54. The van der Waals surface area contributed by atoms with Crippen LogP contribution in [-0.2, 0) is 0 Å². The molecule has 0 unspecified atom stereocenters. The van der Waals surface area contributed by atoms with E-state index in [0.29, 0.717) is 35.2 Å². The van der Waals surface area contributed by atoms with Crippen LogP contribution < -0.4 is 15.8 Å². The zero-order valence-electron chi connectivity index (χ0n) is 11.4. The van der Waals surface area contributed by atoms with Gasteiger partial charge in [0.1, 0.15) is 5.82 Å². The van der Waals surface area contributed by atoms with Gasteiger partial charge in [-0.1, -0.05) is 0 Å². The van der Waals surface area contributed by atoms with Gasteiger partial charge < -0.3 is 15.8 Å². The van der Waals surface area contributed by atoms with Crippen LogP contribution in [0.4, 0.5) is 11.5 Å². The average Bonchev–Trinajstić information content (AvgIpc) is 2.40. The van der Waals surface area contributed by atoms with Crippen LogP contribution in [0.3, 0.4) is 0 Å². The third kappa shape index (κ3) is 3.44. The lowest BCUT2D eigenvalue weighted by Gasteiger charge is -2.07. The lowest BCUT2D eigenvalue weighted by molar-refractivity contribution is 0.102. The number of amides is 1. The second kappa shape index (κ2) is 6.01. The number of anilines is 2. The molecule has 0 radical (unpaired) electrons. The van der Waals surface area contributed by atoms with Crippen LogP contribution in [0.25, 0.3) is 0 Å². The molecule has 0 aliphatic rings. The maximum absolute atomic E-state index is 12.1. The number of nitrogens with zero attached hydrogens (tertiary/aromatic N) is 2. The van der Waals surface area contributed by atoms with E-state index in [4.69, 9.17) is 10.5 Å². The van der Waals surface area contributed by atoms with E-state index in [2.05, 4.69) is 15.3 Å². The Labute approximate surface area is 117 Å². The largest absolute Gasteiger partial charge is 0.478 e. The molecule has 2 aromatic rings. The molecule has 2 aromatic heterocycles. The summed E-state index contributed by atoms with van der Waals surface area (Å²) in [7, 11) is 0. The quantitative estimate of drug-likeness (QED) is 0.888. The van der Waals surface area contributed by atoms with Crippen molar-refractivity contribution in [3.8, 4) is 5.88 Å². The highest BCUT2D eigenvalue weighted by molar-refractivity contribution is 6.04. The number of nitrogens with two attached hydrogens (primary N) is 1. The Hall–Kier alpha value is -2.63. The lowest BCUT2D eigenvalue weighted by Crippen LogP contribution is -2.13. The van der Waals surface area contributed by atoms with Crippen LogP contribution in [0.1, 0.15) is 23.0 Å². The molecule has 0 saturated heterocycles. The number of nitrogen functional groups attached to an aromatic ring is 1. The Morgan fingerprint density at radius 3 is 2.80 bits per heavy atom. The number of aryl methyl sites for hydroxylation is 1. The predicted molar refractivity (Wildman–Crippen MR) is 76.7 cm³/mol. The van der Waals surface area contributed by atoms with E-state index in [0.717, 1.165) is 0 Å². The monoisotopic (exact) mass is 272 g/mol. The smallest absolute Gasteiger partial charge is 0.255 e. The Bertz CT molecular complexity index is 591. The zero-order valence-corrected chi connectivity index (χ0v) is 11.4. The van der Waals surface area contributed by atoms with Crippen LogP contribution in [0.5, 0.6) is 5.88 Å². The molecule has 0 aliphatic carbocycles. The van der Waals surface area contributed by atoms with Crippen LogP contribution in [0, 0.1) is 6.92 Å². The summed E-state index contributed by atoms with van der Waals surface area (Å²) in [6.45, 7) is 4.22. The average molecular weight is 272 g/mol. The second-order valence-corrected chi connectivity index (χ2v) is 4.19. The van der Waals surface area contributed by atoms with Gasteiger partial charge >= 0.3 is 0 Å². The van der Waals surface area contributed by atoms with Crippen molar-refractivity contribution in [3.05, 3.63) is 41.7 Å². The number of hydrogen-bond acceptors (Lipinski definition) is 5. The van der Waals surface area contributed by atoms with Gasteiger partial charge in [0.2, 0.25) is 5.88 Å². The number of pyridine rings is 2. The molecule has 0 bridgehead atoms. The molecule has 6 nitrogen and oxygen atoms in total.